The Morgan fingerprint density at radius 3 is 2.40 bits per heavy atom. The summed E-state index contributed by atoms with van der Waals surface area (Å²) in [4.78, 5) is 29.1. The average Bonchev–Trinajstić information content (AvgIpc) is 2.83. The second kappa shape index (κ2) is 11.6. The number of guanidine groups is 1. The van der Waals surface area contributed by atoms with E-state index in [0.29, 0.717) is 0 Å². The van der Waals surface area contributed by atoms with Crippen molar-refractivity contribution in [2.24, 2.45) is 5.73 Å². The van der Waals surface area contributed by atoms with Gasteiger partial charge in [0, 0.05) is 17.1 Å². The van der Waals surface area contributed by atoms with Gasteiger partial charge in [-0.3, -0.25) is 10.4 Å². The van der Waals surface area contributed by atoms with Crippen LogP contribution in [0.2, 0.25) is 0 Å². The van der Waals surface area contributed by atoms with Gasteiger partial charge >= 0.3 is 12.1 Å². The lowest BCUT2D eigenvalue weighted by Crippen LogP contribution is -2.41. The minimum atomic E-state index is -1.10. The SMILES string of the molecule is Cl.N=C(N)N(C(=O)OCc1cccc(-c2nccc3ccccc23)c1)c1ccc(C(=O)O)cc1.O. The Morgan fingerprint density at radius 1 is 1.00 bits per heavy atom. The van der Waals surface area contributed by atoms with Crippen molar-refractivity contribution in [1.82, 2.24) is 4.98 Å². The Kier molecular flexibility index (Phi) is 8.87. The van der Waals surface area contributed by atoms with Gasteiger partial charge in [-0.05, 0) is 47.3 Å². The predicted octanol–water partition coefficient (Wildman–Crippen LogP) is 4.23. The summed E-state index contributed by atoms with van der Waals surface area (Å²) in [5.41, 5.74) is 8.29. The van der Waals surface area contributed by atoms with Crippen LogP contribution in [0.1, 0.15) is 15.9 Å². The van der Waals surface area contributed by atoms with Crippen molar-refractivity contribution in [2.45, 2.75) is 6.61 Å². The van der Waals surface area contributed by atoms with Crippen LogP contribution in [-0.4, -0.2) is 33.6 Å². The Bertz CT molecular complexity index is 1360. The van der Waals surface area contributed by atoms with Gasteiger partial charge in [-0.2, -0.15) is 0 Å². The second-order valence-corrected chi connectivity index (χ2v) is 7.21. The molecule has 1 heterocycles. The quantitative estimate of drug-likeness (QED) is 0.277. The molecule has 180 valence electrons. The number of benzene rings is 3. The summed E-state index contributed by atoms with van der Waals surface area (Å²) in [6.07, 6.45) is 0.907. The van der Waals surface area contributed by atoms with Gasteiger partial charge in [0.2, 0.25) is 5.96 Å². The number of nitrogens with zero attached hydrogens (tertiary/aromatic N) is 2. The number of nitrogens with one attached hydrogen (secondary N) is 1. The minimum Gasteiger partial charge on any atom is -0.478 e. The van der Waals surface area contributed by atoms with Gasteiger partial charge in [0.1, 0.15) is 6.61 Å². The standard InChI is InChI=1S/C25H20N4O4.ClH.H2O/c26-24(27)29(20-10-8-18(9-11-20)23(30)31)25(32)33-15-16-4-3-6-19(14-16)22-21-7-2-1-5-17(21)12-13-28-22;;/h1-14H,15H2,(H3,26,27)(H,30,31);1H;1H2. The van der Waals surface area contributed by atoms with Crippen LogP contribution in [0.25, 0.3) is 22.0 Å². The Morgan fingerprint density at radius 2 is 1.71 bits per heavy atom. The molecule has 6 N–H and O–H groups in total. The first-order valence-corrected chi connectivity index (χ1v) is 10.0. The number of hydrogen-bond donors (Lipinski definition) is 3. The molecule has 4 rings (SSSR count). The first kappa shape index (κ1) is 26.8. The van der Waals surface area contributed by atoms with Crippen LogP contribution in [0.4, 0.5) is 10.5 Å². The van der Waals surface area contributed by atoms with Crippen LogP contribution in [0.5, 0.6) is 0 Å². The molecule has 10 heteroatoms. The van der Waals surface area contributed by atoms with Gasteiger partial charge < -0.3 is 21.1 Å². The maximum absolute atomic E-state index is 12.7. The largest absolute Gasteiger partial charge is 0.478 e. The summed E-state index contributed by atoms with van der Waals surface area (Å²) < 4.78 is 5.39. The third-order valence-corrected chi connectivity index (χ3v) is 5.03. The first-order valence-electron chi connectivity index (χ1n) is 10.0. The Hall–Kier alpha value is -4.47. The molecular formula is C25H23ClN4O5. The molecule has 0 saturated carbocycles. The van der Waals surface area contributed by atoms with Gasteiger partial charge in [-0.25, -0.2) is 14.5 Å². The van der Waals surface area contributed by atoms with Crippen LogP contribution in [0.15, 0.2) is 85.1 Å². The highest BCUT2D eigenvalue weighted by Gasteiger charge is 2.21. The van der Waals surface area contributed by atoms with Crippen molar-refractivity contribution in [3.63, 3.8) is 0 Å². The van der Waals surface area contributed by atoms with Crippen LogP contribution in [-0.2, 0) is 11.3 Å². The molecule has 0 spiro atoms. The number of carbonyl (C=O) groups is 2. The Balaban J connectivity index is 0.00000216. The van der Waals surface area contributed by atoms with Crippen molar-refractivity contribution in [2.75, 3.05) is 4.90 Å². The summed E-state index contributed by atoms with van der Waals surface area (Å²) in [7, 11) is 0. The molecule has 0 aliphatic heterocycles. The number of halogens is 1. The molecule has 35 heavy (non-hydrogen) atoms. The van der Waals surface area contributed by atoms with Crippen molar-refractivity contribution in [3.05, 3.63) is 96.2 Å². The molecule has 0 aliphatic carbocycles. The van der Waals surface area contributed by atoms with Crippen molar-refractivity contribution in [1.29, 1.82) is 5.41 Å². The van der Waals surface area contributed by atoms with E-state index in [1.54, 1.807) is 6.20 Å². The maximum atomic E-state index is 12.7. The van der Waals surface area contributed by atoms with E-state index in [-0.39, 0.29) is 35.7 Å². The van der Waals surface area contributed by atoms with Gasteiger partial charge in [-0.15, -0.1) is 12.4 Å². The molecule has 0 fully saturated rings. The van der Waals surface area contributed by atoms with Crippen LogP contribution in [0.3, 0.4) is 0 Å². The highest BCUT2D eigenvalue weighted by atomic mass is 35.5. The number of pyridine rings is 1. The first-order chi connectivity index (χ1) is 15.9. The van der Waals surface area contributed by atoms with E-state index in [9.17, 15) is 9.59 Å². The number of hydrogen-bond acceptors (Lipinski definition) is 5. The molecule has 0 radical (unpaired) electrons. The topological polar surface area (TPSA) is 161 Å². The van der Waals surface area contributed by atoms with E-state index < -0.39 is 18.0 Å². The predicted molar refractivity (Wildman–Crippen MR) is 136 cm³/mol. The van der Waals surface area contributed by atoms with Gasteiger partial charge in [0.05, 0.1) is 16.9 Å². The maximum Gasteiger partial charge on any atom is 0.421 e. The van der Waals surface area contributed by atoms with E-state index >= 15 is 0 Å². The smallest absolute Gasteiger partial charge is 0.421 e. The second-order valence-electron chi connectivity index (χ2n) is 7.21. The van der Waals surface area contributed by atoms with E-state index in [4.69, 9.17) is 21.0 Å². The molecular weight excluding hydrogens is 472 g/mol. The number of rotatable bonds is 5. The van der Waals surface area contributed by atoms with Crippen LogP contribution < -0.4 is 10.6 Å². The van der Waals surface area contributed by atoms with Gasteiger partial charge in [-0.1, -0.05) is 42.5 Å². The highest BCUT2D eigenvalue weighted by Crippen LogP contribution is 2.27. The molecule has 1 aromatic heterocycles. The third-order valence-electron chi connectivity index (χ3n) is 5.03. The number of anilines is 1. The van der Waals surface area contributed by atoms with Crippen molar-refractivity contribution < 1.29 is 24.9 Å². The Labute approximate surface area is 207 Å². The number of aromatic nitrogens is 1. The molecule has 0 bridgehead atoms. The minimum absolute atomic E-state index is 0. The summed E-state index contributed by atoms with van der Waals surface area (Å²) in [5.74, 6) is -1.64. The number of carboxylic acid groups (broad SMARTS) is 1. The summed E-state index contributed by atoms with van der Waals surface area (Å²) in [6, 6.07) is 22.8. The number of aromatic carboxylic acids is 1. The molecule has 0 aliphatic rings. The normalized spacial score (nSPS) is 9.94. The molecule has 4 aromatic rings. The molecule has 0 atom stereocenters. The van der Waals surface area contributed by atoms with Crippen LogP contribution in [0, 0.1) is 5.41 Å². The summed E-state index contributed by atoms with van der Waals surface area (Å²) in [6.45, 7) is -0.0472. The average molecular weight is 495 g/mol. The van der Waals surface area contributed by atoms with Gasteiger partial charge in [0.25, 0.3) is 0 Å². The number of fused-ring (bicyclic) bond motifs is 1. The van der Waals surface area contributed by atoms with Crippen LogP contribution >= 0.6 is 12.4 Å². The number of ether oxygens (including phenoxy) is 1. The number of nitrogens with two attached hydrogens (primary N) is 1. The lowest BCUT2D eigenvalue weighted by molar-refractivity contribution is 0.0697. The summed E-state index contributed by atoms with van der Waals surface area (Å²) in [5, 5.41) is 18.9. The van der Waals surface area contributed by atoms with Crippen molar-refractivity contribution in [3.8, 4) is 11.3 Å². The number of amides is 1. The zero-order chi connectivity index (χ0) is 23.4. The molecule has 9 nitrogen and oxygen atoms in total. The molecule has 3 aromatic carbocycles. The fraction of sp³-hybridized carbons (Fsp3) is 0.0400. The highest BCUT2D eigenvalue weighted by molar-refractivity contribution is 6.12. The van der Waals surface area contributed by atoms with E-state index in [1.807, 2.05) is 54.6 Å². The van der Waals surface area contributed by atoms with E-state index in [1.165, 1.54) is 24.3 Å². The van der Waals surface area contributed by atoms with E-state index in [0.717, 1.165) is 32.5 Å². The lowest BCUT2D eigenvalue weighted by atomic mass is 10.0. The fourth-order valence-corrected chi connectivity index (χ4v) is 3.46. The van der Waals surface area contributed by atoms with E-state index in [2.05, 4.69) is 4.98 Å². The van der Waals surface area contributed by atoms with Gasteiger partial charge in [0.15, 0.2) is 0 Å². The zero-order valence-electron chi connectivity index (χ0n) is 18.3. The summed E-state index contributed by atoms with van der Waals surface area (Å²) >= 11 is 0. The molecule has 0 unspecified atom stereocenters. The number of carbonyl (C=O) groups excluding carboxylic acids is 1. The fourth-order valence-electron chi connectivity index (χ4n) is 3.46. The van der Waals surface area contributed by atoms with Crippen molar-refractivity contribution >= 4 is 46.9 Å². The molecule has 0 saturated heterocycles. The lowest BCUT2D eigenvalue weighted by Gasteiger charge is -2.20. The third kappa shape index (κ3) is 5.91. The number of carboxylic acids is 1. The zero-order valence-corrected chi connectivity index (χ0v) is 19.2. The monoisotopic (exact) mass is 494 g/mol. The molecule has 1 amide bonds.